The highest BCUT2D eigenvalue weighted by Crippen LogP contribution is 2.29. The predicted octanol–water partition coefficient (Wildman–Crippen LogP) is 6.87. The normalized spacial score (nSPS) is 12.5. The quantitative estimate of drug-likeness (QED) is 0.107. The van der Waals surface area contributed by atoms with E-state index in [1.807, 2.05) is 66.7 Å². The number of nitrogens with one attached hydrogen (secondary N) is 2. The molecule has 2 amide bonds. The van der Waals surface area contributed by atoms with Crippen LogP contribution in [0.2, 0.25) is 0 Å². The molecule has 2 atom stereocenters. The number of carbonyl (C=O) groups is 3. The molecule has 5 aromatic rings. The second-order valence-corrected chi connectivity index (χ2v) is 14.7. The Hall–Kier alpha value is -5.39. The molecular weight excluding hydrogens is 677 g/mol. The van der Waals surface area contributed by atoms with E-state index in [1.165, 1.54) is 23.8 Å². The molecule has 0 radical (unpaired) electrons. The monoisotopic (exact) mass is 720 g/mol. The average Bonchev–Trinajstić information content (AvgIpc) is 3.66. The van der Waals surface area contributed by atoms with Crippen LogP contribution in [0.4, 0.5) is 0 Å². The fourth-order valence-electron chi connectivity index (χ4n) is 5.26. The first kappa shape index (κ1) is 37.9. The third-order valence-electron chi connectivity index (χ3n) is 8.43. The van der Waals surface area contributed by atoms with Crippen molar-refractivity contribution in [3.63, 3.8) is 0 Å². The SMILES string of the molecule is COCCc1ccc(OCc2ccc(-c3cnc(-c4ccc(C[C@H](NC(=O)c5ccc(C(C)(C)C)s5)C(=O)N[C@H](C)C(=O)O)cc4)nc3)cc2)cc1. The highest BCUT2D eigenvalue weighted by molar-refractivity contribution is 7.14. The summed E-state index contributed by atoms with van der Waals surface area (Å²) in [7, 11) is 1.70. The summed E-state index contributed by atoms with van der Waals surface area (Å²) in [5, 5.41) is 14.6. The van der Waals surface area contributed by atoms with Crippen LogP contribution in [0.25, 0.3) is 22.5 Å². The minimum Gasteiger partial charge on any atom is -0.489 e. The maximum absolute atomic E-state index is 13.2. The molecule has 0 aliphatic carbocycles. The largest absolute Gasteiger partial charge is 0.489 e. The second-order valence-electron chi connectivity index (χ2n) is 13.6. The highest BCUT2D eigenvalue weighted by atomic mass is 32.1. The molecule has 52 heavy (non-hydrogen) atoms. The van der Waals surface area contributed by atoms with Gasteiger partial charge in [0.2, 0.25) is 5.91 Å². The number of methoxy groups -OCH3 is 1. The van der Waals surface area contributed by atoms with Gasteiger partial charge < -0.3 is 25.2 Å². The van der Waals surface area contributed by atoms with E-state index in [0.717, 1.165) is 44.9 Å². The summed E-state index contributed by atoms with van der Waals surface area (Å²) in [6.45, 7) is 8.72. The summed E-state index contributed by atoms with van der Waals surface area (Å²) >= 11 is 1.37. The first-order valence-corrected chi connectivity index (χ1v) is 17.9. The third kappa shape index (κ3) is 10.3. The third-order valence-corrected chi connectivity index (χ3v) is 9.94. The van der Waals surface area contributed by atoms with Gasteiger partial charge in [-0.3, -0.25) is 14.4 Å². The molecule has 2 heterocycles. The number of thiophene rings is 1. The van der Waals surface area contributed by atoms with E-state index in [-0.39, 0.29) is 11.8 Å². The van der Waals surface area contributed by atoms with Crippen molar-refractivity contribution < 1.29 is 29.0 Å². The van der Waals surface area contributed by atoms with Crippen molar-refractivity contribution in [2.45, 2.75) is 64.6 Å². The zero-order chi connectivity index (χ0) is 37.3. The topological polar surface area (TPSA) is 140 Å². The first-order chi connectivity index (χ1) is 24.9. The maximum Gasteiger partial charge on any atom is 0.325 e. The van der Waals surface area contributed by atoms with Crippen LogP contribution < -0.4 is 15.4 Å². The number of carboxylic acid groups (broad SMARTS) is 1. The molecule has 0 spiro atoms. The Morgan fingerprint density at radius 1 is 0.788 bits per heavy atom. The number of carboxylic acids is 1. The lowest BCUT2D eigenvalue weighted by Crippen LogP contribution is -2.51. The maximum atomic E-state index is 13.2. The van der Waals surface area contributed by atoms with Crippen LogP contribution in [-0.2, 0) is 39.2 Å². The summed E-state index contributed by atoms with van der Waals surface area (Å²) in [5.41, 5.74) is 5.54. The second kappa shape index (κ2) is 17.2. The van der Waals surface area contributed by atoms with Crippen LogP contribution >= 0.6 is 11.3 Å². The van der Waals surface area contributed by atoms with Gasteiger partial charge in [-0.05, 0) is 65.3 Å². The van der Waals surface area contributed by atoms with Gasteiger partial charge in [0.05, 0.1) is 11.5 Å². The Bertz CT molecular complexity index is 1950. The van der Waals surface area contributed by atoms with Crippen molar-refractivity contribution in [3.05, 3.63) is 124 Å². The van der Waals surface area contributed by atoms with Crippen LogP contribution in [-0.4, -0.2) is 58.7 Å². The number of aliphatic carboxylic acids is 1. The molecule has 2 aromatic heterocycles. The number of ether oxygens (including phenoxy) is 2. The summed E-state index contributed by atoms with van der Waals surface area (Å²) in [6.07, 6.45) is 4.58. The molecule has 5 rings (SSSR count). The zero-order valence-corrected chi connectivity index (χ0v) is 30.8. The fourth-order valence-corrected chi connectivity index (χ4v) is 6.23. The Balaban J connectivity index is 1.20. The molecule has 0 aliphatic heterocycles. The number of aromatic nitrogens is 2. The van der Waals surface area contributed by atoms with Crippen LogP contribution in [0.1, 0.15) is 58.9 Å². The molecule has 0 saturated heterocycles. The fraction of sp³-hybridized carbons (Fsp3) is 0.293. The van der Waals surface area contributed by atoms with E-state index in [2.05, 4.69) is 53.5 Å². The number of nitrogens with zero attached hydrogens (tertiary/aromatic N) is 2. The molecule has 11 heteroatoms. The van der Waals surface area contributed by atoms with Gasteiger partial charge in [0.15, 0.2) is 5.82 Å². The van der Waals surface area contributed by atoms with Crippen LogP contribution in [0.3, 0.4) is 0 Å². The Labute approximate surface area is 308 Å². The number of benzene rings is 3. The molecule has 270 valence electrons. The molecule has 0 bridgehead atoms. The van der Waals surface area contributed by atoms with E-state index < -0.39 is 29.9 Å². The molecule has 0 saturated carbocycles. The molecule has 3 aromatic carbocycles. The van der Waals surface area contributed by atoms with Gasteiger partial charge in [0.1, 0.15) is 24.4 Å². The van der Waals surface area contributed by atoms with Gasteiger partial charge in [0.25, 0.3) is 5.91 Å². The van der Waals surface area contributed by atoms with Crippen molar-refractivity contribution in [2.75, 3.05) is 13.7 Å². The molecule has 10 nitrogen and oxygen atoms in total. The molecule has 0 fully saturated rings. The standard InChI is InChI=1S/C41H44N4O6S/c1-26(40(48)49)44-38(46)34(45-39(47)35-18-19-36(52-35)41(2,3)4)22-28-6-14-31(15-7-28)37-42-23-32(24-43-37)30-12-8-29(9-13-30)25-51-33-16-10-27(11-17-33)20-21-50-5/h6-19,23-24,26,34H,20-22,25H2,1-5H3,(H,44,46)(H,45,47)(H,48,49)/t26-,34+/m1/s1. The lowest BCUT2D eigenvalue weighted by atomic mass is 9.95. The Kier molecular flexibility index (Phi) is 12.5. The smallest absolute Gasteiger partial charge is 0.325 e. The van der Waals surface area contributed by atoms with E-state index in [9.17, 15) is 19.5 Å². The molecule has 3 N–H and O–H groups in total. The van der Waals surface area contributed by atoms with Crippen LogP contribution in [0.5, 0.6) is 5.75 Å². The molecular formula is C41H44N4O6S. The number of hydrogen-bond acceptors (Lipinski definition) is 8. The number of rotatable bonds is 15. The van der Waals surface area contributed by atoms with Crippen molar-refractivity contribution in [2.24, 2.45) is 0 Å². The number of hydrogen-bond donors (Lipinski definition) is 3. The minimum atomic E-state index is -1.17. The molecule has 0 aliphatic rings. The van der Waals surface area contributed by atoms with Gasteiger partial charge >= 0.3 is 5.97 Å². The summed E-state index contributed by atoms with van der Waals surface area (Å²) in [6, 6.07) is 25.1. The average molecular weight is 721 g/mol. The van der Waals surface area contributed by atoms with Gasteiger partial charge in [-0.25, -0.2) is 9.97 Å². The van der Waals surface area contributed by atoms with Crippen LogP contribution in [0, 0.1) is 0 Å². The van der Waals surface area contributed by atoms with Crippen LogP contribution in [0.15, 0.2) is 97.3 Å². The van der Waals surface area contributed by atoms with Crippen molar-refractivity contribution in [1.82, 2.24) is 20.6 Å². The van der Waals surface area contributed by atoms with Crippen molar-refractivity contribution in [3.8, 4) is 28.3 Å². The Morgan fingerprint density at radius 2 is 1.40 bits per heavy atom. The zero-order valence-electron chi connectivity index (χ0n) is 30.0. The summed E-state index contributed by atoms with van der Waals surface area (Å²) in [4.78, 5) is 48.5. The summed E-state index contributed by atoms with van der Waals surface area (Å²) < 4.78 is 11.1. The minimum absolute atomic E-state index is 0.122. The first-order valence-electron chi connectivity index (χ1n) is 17.1. The van der Waals surface area contributed by atoms with Gasteiger partial charge in [-0.15, -0.1) is 11.3 Å². The van der Waals surface area contributed by atoms with E-state index in [0.29, 0.717) is 23.9 Å². The highest BCUT2D eigenvalue weighted by Gasteiger charge is 2.26. The van der Waals surface area contributed by atoms with Crippen molar-refractivity contribution in [1.29, 1.82) is 0 Å². The van der Waals surface area contributed by atoms with E-state index in [4.69, 9.17) is 9.47 Å². The molecule has 0 unspecified atom stereocenters. The lowest BCUT2D eigenvalue weighted by Gasteiger charge is -2.20. The van der Waals surface area contributed by atoms with E-state index in [1.54, 1.807) is 25.6 Å². The Morgan fingerprint density at radius 3 is 2.00 bits per heavy atom. The van der Waals surface area contributed by atoms with Gasteiger partial charge in [-0.2, -0.15) is 0 Å². The van der Waals surface area contributed by atoms with Gasteiger partial charge in [0, 0.05) is 41.9 Å². The van der Waals surface area contributed by atoms with E-state index >= 15 is 0 Å². The number of carbonyl (C=O) groups excluding carboxylic acids is 2. The summed E-state index contributed by atoms with van der Waals surface area (Å²) in [5.74, 6) is -0.785. The van der Waals surface area contributed by atoms with Crippen molar-refractivity contribution >= 4 is 29.1 Å². The lowest BCUT2D eigenvalue weighted by molar-refractivity contribution is -0.141. The number of amides is 2. The predicted molar refractivity (Wildman–Crippen MR) is 202 cm³/mol. The van der Waals surface area contributed by atoms with Gasteiger partial charge in [-0.1, -0.05) is 81.4 Å².